The van der Waals surface area contributed by atoms with Crippen LogP contribution in [0.5, 0.6) is 11.5 Å². The van der Waals surface area contributed by atoms with E-state index in [0.29, 0.717) is 24.7 Å². The van der Waals surface area contributed by atoms with Crippen molar-refractivity contribution in [1.29, 1.82) is 0 Å². The van der Waals surface area contributed by atoms with Gasteiger partial charge in [-0.2, -0.15) is 0 Å². The highest BCUT2D eigenvalue weighted by Gasteiger charge is 2.22. The first-order valence-corrected chi connectivity index (χ1v) is 9.39. The summed E-state index contributed by atoms with van der Waals surface area (Å²) in [5.74, 6) is -0.177. The summed E-state index contributed by atoms with van der Waals surface area (Å²) in [6.45, 7) is 4.31. The quantitative estimate of drug-likeness (QED) is 0.332. The standard InChI is InChI=1S/C21H24N2O7/c1-4-22(13-15-10-11-18(29-5-2)19(12-15)28-3)20(24)14-30-21(25)16-8-6-7-9-17(16)23(26)27/h6-12H,4-5,13-14H2,1-3H3. The maximum atomic E-state index is 12.5. The Morgan fingerprint density at radius 2 is 1.83 bits per heavy atom. The van der Waals surface area contributed by atoms with Crippen LogP contribution < -0.4 is 9.47 Å². The van der Waals surface area contributed by atoms with E-state index in [2.05, 4.69) is 0 Å². The maximum Gasteiger partial charge on any atom is 0.345 e. The number of hydrogen-bond donors (Lipinski definition) is 0. The number of esters is 1. The number of ether oxygens (including phenoxy) is 3. The molecule has 0 atom stereocenters. The van der Waals surface area contributed by atoms with Gasteiger partial charge in [-0.1, -0.05) is 18.2 Å². The number of hydrogen-bond acceptors (Lipinski definition) is 7. The molecule has 0 aromatic heterocycles. The molecule has 30 heavy (non-hydrogen) atoms. The molecular weight excluding hydrogens is 392 g/mol. The van der Waals surface area contributed by atoms with Crippen molar-refractivity contribution in [2.45, 2.75) is 20.4 Å². The van der Waals surface area contributed by atoms with Gasteiger partial charge in [-0.05, 0) is 37.6 Å². The Hall–Kier alpha value is -3.62. The van der Waals surface area contributed by atoms with Gasteiger partial charge in [0, 0.05) is 19.2 Å². The van der Waals surface area contributed by atoms with Crippen molar-refractivity contribution in [1.82, 2.24) is 4.90 Å². The highest BCUT2D eigenvalue weighted by molar-refractivity contribution is 5.95. The minimum atomic E-state index is -0.922. The minimum Gasteiger partial charge on any atom is -0.493 e. The summed E-state index contributed by atoms with van der Waals surface area (Å²) < 4.78 is 15.8. The molecule has 2 aromatic carbocycles. The van der Waals surface area contributed by atoms with E-state index in [0.717, 1.165) is 5.56 Å². The van der Waals surface area contributed by atoms with Crippen LogP contribution in [0, 0.1) is 10.1 Å². The molecule has 0 saturated heterocycles. The number of carbonyl (C=O) groups is 2. The SMILES string of the molecule is CCOc1ccc(CN(CC)C(=O)COC(=O)c2ccccc2[N+](=O)[O-])cc1OC. The number of carbonyl (C=O) groups excluding carboxylic acids is 2. The van der Waals surface area contributed by atoms with E-state index < -0.39 is 23.4 Å². The molecule has 9 nitrogen and oxygen atoms in total. The molecule has 0 radical (unpaired) electrons. The summed E-state index contributed by atoms with van der Waals surface area (Å²) in [6, 6.07) is 10.8. The average Bonchev–Trinajstić information content (AvgIpc) is 2.76. The van der Waals surface area contributed by atoms with E-state index in [4.69, 9.17) is 14.2 Å². The number of nitrogens with zero attached hydrogens (tertiary/aromatic N) is 2. The van der Waals surface area contributed by atoms with Crippen LogP contribution in [0.1, 0.15) is 29.8 Å². The Morgan fingerprint density at radius 1 is 1.10 bits per heavy atom. The molecule has 0 unspecified atom stereocenters. The molecule has 0 aliphatic heterocycles. The normalized spacial score (nSPS) is 10.2. The van der Waals surface area contributed by atoms with Crippen molar-refractivity contribution in [3.05, 3.63) is 63.7 Å². The van der Waals surface area contributed by atoms with Crippen molar-refractivity contribution in [2.75, 3.05) is 26.9 Å². The second kappa shape index (κ2) is 10.8. The number of amides is 1. The molecule has 0 bridgehead atoms. The van der Waals surface area contributed by atoms with Crippen LogP contribution in [0.25, 0.3) is 0 Å². The molecule has 0 saturated carbocycles. The van der Waals surface area contributed by atoms with E-state index in [1.807, 2.05) is 13.0 Å². The van der Waals surface area contributed by atoms with Crippen LogP contribution >= 0.6 is 0 Å². The van der Waals surface area contributed by atoms with Gasteiger partial charge in [-0.25, -0.2) is 4.79 Å². The van der Waals surface area contributed by atoms with Crippen LogP contribution in [-0.4, -0.2) is 48.6 Å². The van der Waals surface area contributed by atoms with Crippen LogP contribution in [0.4, 0.5) is 5.69 Å². The molecule has 0 heterocycles. The van der Waals surface area contributed by atoms with Gasteiger partial charge in [0.2, 0.25) is 0 Å². The van der Waals surface area contributed by atoms with Crippen molar-refractivity contribution in [2.24, 2.45) is 0 Å². The average molecular weight is 416 g/mol. The summed E-state index contributed by atoms with van der Waals surface area (Å²) in [5.41, 5.74) is 0.244. The topological polar surface area (TPSA) is 108 Å². The first-order chi connectivity index (χ1) is 14.4. The monoisotopic (exact) mass is 416 g/mol. The number of methoxy groups -OCH3 is 1. The molecule has 0 spiro atoms. The molecule has 0 fully saturated rings. The Balaban J connectivity index is 2.03. The first-order valence-electron chi connectivity index (χ1n) is 9.39. The molecule has 0 N–H and O–H groups in total. The van der Waals surface area contributed by atoms with Gasteiger partial charge < -0.3 is 19.1 Å². The van der Waals surface area contributed by atoms with Gasteiger partial charge in [0.05, 0.1) is 18.6 Å². The van der Waals surface area contributed by atoms with Gasteiger partial charge in [0.15, 0.2) is 18.1 Å². The van der Waals surface area contributed by atoms with Crippen molar-refractivity contribution >= 4 is 17.6 Å². The second-order valence-corrected chi connectivity index (χ2v) is 6.18. The molecular formula is C21H24N2O7. The van der Waals surface area contributed by atoms with Crippen LogP contribution in [-0.2, 0) is 16.1 Å². The maximum absolute atomic E-state index is 12.5. The Morgan fingerprint density at radius 3 is 2.47 bits per heavy atom. The molecule has 0 aliphatic rings. The van der Waals surface area contributed by atoms with Crippen LogP contribution in [0.3, 0.4) is 0 Å². The van der Waals surface area contributed by atoms with E-state index in [9.17, 15) is 19.7 Å². The van der Waals surface area contributed by atoms with Gasteiger partial charge in [0.25, 0.3) is 11.6 Å². The Labute approximate surface area is 174 Å². The first kappa shape index (κ1) is 22.7. The van der Waals surface area contributed by atoms with Gasteiger partial charge in [-0.3, -0.25) is 14.9 Å². The van der Waals surface area contributed by atoms with Crippen molar-refractivity contribution < 1.29 is 28.7 Å². The molecule has 2 rings (SSSR count). The predicted octanol–water partition coefficient (Wildman–Crippen LogP) is 3.21. The summed E-state index contributed by atoms with van der Waals surface area (Å²) in [6.07, 6.45) is 0. The lowest BCUT2D eigenvalue weighted by Gasteiger charge is -2.21. The summed E-state index contributed by atoms with van der Waals surface area (Å²) >= 11 is 0. The van der Waals surface area contributed by atoms with Crippen molar-refractivity contribution in [3.63, 3.8) is 0 Å². The zero-order valence-electron chi connectivity index (χ0n) is 17.1. The number of nitro benzene ring substituents is 1. The molecule has 0 aliphatic carbocycles. The third kappa shape index (κ3) is 5.69. The molecule has 9 heteroatoms. The number of rotatable bonds is 10. The van der Waals surface area contributed by atoms with Crippen LogP contribution in [0.15, 0.2) is 42.5 Å². The number of nitro groups is 1. The predicted molar refractivity (Wildman–Crippen MR) is 109 cm³/mol. The van der Waals surface area contributed by atoms with E-state index >= 15 is 0 Å². The van der Waals surface area contributed by atoms with E-state index in [1.165, 1.54) is 36.3 Å². The number of benzene rings is 2. The largest absolute Gasteiger partial charge is 0.493 e. The summed E-state index contributed by atoms with van der Waals surface area (Å²) in [4.78, 5) is 36.6. The van der Waals surface area contributed by atoms with Crippen LogP contribution in [0.2, 0.25) is 0 Å². The van der Waals surface area contributed by atoms with Crippen molar-refractivity contribution in [3.8, 4) is 11.5 Å². The van der Waals surface area contributed by atoms with Gasteiger partial charge >= 0.3 is 5.97 Å². The summed E-state index contributed by atoms with van der Waals surface area (Å²) in [7, 11) is 1.53. The fraction of sp³-hybridized carbons (Fsp3) is 0.333. The second-order valence-electron chi connectivity index (χ2n) is 6.18. The van der Waals surface area contributed by atoms with E-state index in [-0.39, 0.29) is 17.8 Å². The highest BCUT2D eigenvalue weighted by atomic mass is 16.6. The third-order valence-corrected chi connectivity index (χ3v) is 4.28. The Bertz CT molecular complexity index is 914. The summed E-state index contributed by atoms with van der Waals surface area (Å²) in [5, 5.41) is 11.0. The minimum absolute atomic E-state index is 0.199. The van der Waals surface area contributed by atoms with Gasteiger partial charge in [-0.15, -0.1) is 0 Å². The zero-order valence-corrected chi connectivity index (χ0v) is 17.1. The zero-order chi connectivity index (χ0) is 22.1. The highest BCUT2D eigenvalue weighted by Crippen LogP contribution is 2.28. The lowest BCUT2D eigenvalue weighted by atomic mass is 10.2. The lowest BCUT2D eigenvalue weighted by molar-refractivity contribution is -0.385. The lowest BCUT2D eigenvalue weighted by Crippen LogP contribution is -2.34. The molecule has 1 amide bonds. The number of likely N-dealkylation sites (N-methyl/N-ethyl adjacent to an activating group) is 1. The smallest absolute Gasteiger partial charge is 0.345 e. The van der Waals surface area contributed by atoms with E-state index in [1.54, 1.807) is 19.1 Å². The Kier molecular flexibility index (Phi) is 8.16. The fourth-order valence-electron chi connectivity index (χ4n) is 2.78. The van der Waals surface area contributed by atoms with Gasteiger partial charge in [0.1, 0.15) is 5.56 Å². The number of para-hydroxylation sites is 1. The molecule has 2 aromatic rings. The fourth-order valence-corrected chi connectivity index (χ4v) is 2.78. The third-order valence-electron chi connectivity index (χ3n) is 4.28. The molecule has 160 valence electrons.